The smallest absolute Gasteiger partial charge is 0.341 e. The third-order valence-electron chi connectivity index (χ3n) is 4.32. The molecule has 0 saturated heterocycles. The molecule has 0 radical (unpaired) electrons. The molecule has 9 heteroatoms. The minimum absolute atomic E-state index is 0.0665. The van der Waals surface area contributed by atoms with E-state index in [2.05, 4.69) is 0 Å². The number of hydrogen-bond acceptors (Lipinski definition) is 8. The van der Waals surface area contributed by atoms with E-state index < -0.39 is 12.6 Å². The average molecular weight is 416 g/mol. The van der Waals surface area contributed by atoms with Gasteiger partial charge in [-0.15, -0.1) is 0 Å². The van der Waals surface area contributed by atoms with Crippen molar-refractivity contribution in [2.24, 2.45) is 0 Å². The molecule has 0 fully saturated rings. The monoisotopic (exact) mass is 416 g/mol. The van der Waals surface area contributed by atoms with Gasteiger partial charge in [0.2, 0.25) is 5.75 Å². The summed E-state index contributed by atoms with van der Waals surface area (Å²) in [5.41, 5.74) is 0.348. The lowest BCUT2D eigenvalue weighted by Gasteiger charge is -2.15. The van der Waals surface area contributed by atoms with Crippen LogP contribution in [0, 0.1) is 0 Å². The van der Waals surface area contributed by atoms with Gasteiger partial charge < -0.3 is 33.2 Å². The molecule has 1 N–H and O–H groups in total. The molecule has 9 nitrogen and oxygen atoms in total. The van der Waals surface area contributed by atoms with E-state index >= 15 is 0 Å². The summed E-state index contributed by atoms with van der Waals surface area (Å²) in [4.78, 5) is 23.8. The van der Waals surface area contributed by atoms with Gasteiger partial charge in [-0.1, -0.05) is 0 Å². The summed E-state index contributed by atoms with van der Waals surface area (Å²) in [5, 5.41) is 9.05. The van der Waals surface area contributed by atoms with E-state index in [-0.39, 0.29) is 39.4 Å². The number of carbonyl (C=O) groups is 1. The van der Waals surface area contributed by atoms with Crippen LogP contribution in [0.25, 0.3) is 22.3 Å². The van der Waals surface area contributed by atoms with Crippen molar-refractivity contribution in [3.8, 4) is 40.1 Å². The van der Waals surface area contributed by atoms with Crippen LogP contribution in [0.2, 0.25) is 0 Å². The average Bonchev–Trinajstić information content (AvgIpc) is 2.75. The number of carboxylic acids is 1. The zero-order valence-corrected chi connectivity index (χ0v) is 16.8. The molecule has 3 aromatic rings. The van der Waals surface area contributed by atoms with E-state index in [1.54, 1.807) is 18.2 Å². The SMILES string of the molecule is COc1ccc(-c2cc(=O)c3c(OC)c(OC)c(OCC(=O)O)cc3o2)cc1OC. The number of fused-ring (bicyclic) bond motifs is 1. The number of ether oxygens (including phenoxy) is 5. The van der Waals surface area contributed by atoms with Gasteiger partial charge in [0, 0.05) is 17.7 Å². The van der Waals surface area contributed by atoms with Crippen LogP contribution in [0.1, 0.15) is 0 Å². The Labute approximate surface area is 171 Å². The first-order valence-corrected chi connectivity index (χ1v) is 8.73. The highest BCUT2D eigenvalue weighted by atomic mass is 16.5. The number of carboxylic acid groups (broad SMARTS) is 1. The van der Waals surface area contributed by atoms with Gasteiger partial charge in [-0.05, 0) is 18.2 Å². The molecule has 0 spiro atoms. The van der Waals surface area contributed by atoms with E-state index in [4.69, 9.17) is 33.2 Å². The van der Waals surface area contributed by atoms with E-state index in [1.165, 1.54) is 40.6 Å². The van der Waals surface area contributed by atoms with Gasteiger partial charge in [-0.3, -0.25) is 4.79 Å². The normalized spacial score (nSPS) is 10.5. The minimum atomic E-state index is -1.17. The Bertz CT molecular complexity index is 1150. The fraction of sp³-hybridized carbons (Fsp3) is 0.238. The van der Waals surface area contributed by atoms with Gasteiger partial charge in [-0.2, -0.15) is 0 Å². The topological polar surface area (TPSA) is 114 Å². The third kappa shape index (κ3) is 3.82. The molecule has 2 aromatic carbocycles. The highest BCUT2D eigenvalue weighted by Crippen LogP contribution is 2.43. The Kier molecular flexibility index (Phi) is 6.01. The summed E-state index contributed by atoms with van der Waals surface area (Å²) in [6.45, 7) is -0.607. The zero-order chi connectivity index (χ0) is 21.8. The predicted molar refractivity (Wildman–Crippen MR) is 107 cm³/mol. The first-order chi connectivity index (χ1) is 14.4. The lowest BCUT2D eigenvalue weighted by molar-refractivity contribution is -0.139. The van der Waals surface area contributed by atoms with Crippen molar-refractivity contribution in [2.45, 2.75) is 0 Å². The van der Waals surface area contributed by atoms with Crippen LogP contribution in [-0.2, 0) is 4.79 Å². The minimum Gasteiger partial charge on any atom is -0.493 e. The highest BCUT2D eigenvalue weighted by molar-refractivity contribution is 5.90. The summed E-state index contributed by atoms with van der Waals surface area (Å²) >= 11 is 0. The summed E-state index contributed by atoms with van der Waals surface area (Å²) in [6.07, 6.45) is 0. The van der Waals surface area contributed by atoms with E-state index in [9.17, 15) is 9.59 Å². The van der Waals surface area contributed by atoms with E-state index in [1.807, 2.05) is 0 Å². The summed E-state index contributed by atoms with van der Waals surface area (Å²) in [6, 6.07) is 7.79. The molecule has 0 atom stereocenters. The summed E-state index contributed by atoms with van der Waals surface area (Å²) in [7, 11) is 5.74. The molecule has 1 heterocycles. The zero-order valence-electron chi connectivity index (χ0n) is 16.8. The van der Waals surface area contributed by atoms with E-state index in [0.717, 1.165) is 0 Å². The van der Waals surface area contributed by atoms with E-state index in [0.29, 0.717) is 17.1 Å². The van der Waals surface area contributed by atoms with Crippen LogP contribution < -0.4 is 29.1 Å². The van der Waals surface area contributed by atoms with Gasteiger partial charge in [0.1, 0.15) is 16.7 Å². The van der Waals surface area contributed by atoms with Crippen molar-refractivity contribution in [2.75, 3.05) is 35.0 Å². The standard InChI is InChI=1S/C21H20O9/c1-25-13-6-5-11(7-15(13)26-2)14-8-12(22)19-16(30-14)9-17(29-10-18(23)24)20(27-3)21(19)28-4/h5-9H,10H2,1-4H3,(H,23,24). The second-order valence-corrected chi connectivity index (χ2v) is 6.04. The fourth-order valence-corrected chi connectivity index (χ4v) is 3.01. The summed E-state index contributed by atoms with van der Waals surface area (Å²) < 4.78 is 32.4. The molecule has 0 bridgehead atoms. The van der Waals surface area contributed by atoms with Crippen LogP contribution in [0.15, 0.2) is 39.5 Å². The molecule has 158 valence electrons. The Balaban J connectivity index is 2.23. The van der Waals surface area contributed by atoms with Crippen molar-refractivity contribution in [3.63, 3.8) is 0 Å². The second-order valence-electron chi connectivity index (χ2n) is 6.04. The fourth-order valence-electron chi connectivity index (χ4n) is 3.01. The van der Waals surface area contributed by atoms with Crippen LogP contribution in [0.4, 0.5) is 0 Å². The number of aliphatic carboxylic acids is 1. The maximum Gasteiger partial charge on any atom is 0.341 e. The Morgan fingerprint density at radius 2 is 1.60 bits per heavy atom. The molecular formula is C21H20O9. The van der Waals surface area contributed by atoms with Crippen molar-refractivity contribution in [3.05, 3.63) is 40.6 Å². The quantitative estimate of drug-likeness (QED) is 0.592. The van der Waals surface area contributed by atoms with Crippen LogP contribution >= 0.6 is 0 Å². The van der Waals surface area contributed by atoms with Crippen LogP contribution in [0.3, 0.4) is 0 Å². The molecular weight excluding hydrogens is 396 g/mol. The molecule has 30 heavy (non-hydrogen) atoms. The Morgan fingerprint density at radius 1 is 0.900 bits per heavy atom. The largest absolute Gasteiger partial charge is 0.493 e. The van der Waals surface area contributed by atoms with Gasteiger partial charge in [-0.25, -0.2) is 4.79 Å². The third-order valence-corrected chi connectivity index (χ3v) is 4.32. The van der Waals surface area contributed by atoms with Crippen LogP contribution in [-0.4, -0.2) is 46.1 Å². The lowest BCUT2D eigenvalue weighted by Crippen LogP contribution is -2.11. The van der Waals surface area contributed by atoms with Gasteiger partial charge in [0.25, 0.3) is 0 Å². The van der Waals surface area contributed by atoms with Crippen LogP contribution in [0.5, 0.6) is 28.7 Å². The maximum atomic E-state index is 12.9. The molecule has 0 amide bonds. The van der Waals surface area contributed by atoms with Gasteiger partial charge in [0.05, 0.1) is 28.4 Å². The van der Waals surface area contributed by atoms with Crippen molar-refractivity contribution < 1.29 is 38.0 Å². The van der Waals surface area contributed by atoms with Crippen molar-refractivity contribution >= 4 is 16.9 Å². The number of benzene rings is 2. The first kappa shape index (κ1) is 20.8. The van der Waals surface area contributed by atoms with Crippen molar-refractivity contribution in [1.29, 1.82) is 0 Å². The summed E-state index contributed by atoms with van der Waals surface area (Å²) in [5.74, 6) is 0.342. The molecule has 0 aliphatic carbocycles. The number of rotatable bonds is 8. The Morgan fingerprint density at radius 3 is 2.20 bits per heavy atom. The molecule has 0 aliphatic rings. The lowest BCUT2D eigenvalue weighted by atomic mass is 10.1. The van der Waals surface area contributed by atoms with Crippen molar-refractivity contribution in [1.82, 2.24) is 0 Å². The first-order valence-electron chi connectivity index (χ1n) is 8.73. The molecule has 0 unspecified atom stereocenters. The highest BCUT2D eigenvalue weighted by Gasteiger charge is 2.22. The molecule has 0 saturated carbocycles. The predicted octanol–water partition coefficient (Wildman–Crippen LogP) is 2.96. The number of hydrogen-bond donors (Lipinski definition) is 1. The second kappa shape index (κ2) is 8.64. The molecule has 1 aromatic heterocycles. The molecule has 0 aliphatic heterocycles. The Hall–Kier alpha value is -3.88. The maximum absolute atomic E-state index is 12.9. The van der Waals surface area contributed by atoms with Gasteiger partial charge >= 0.3 is 5.97 Å². The number of methoxy groups -OCH3 is 4. The molecule has 3 rings (SSSR count). The van der Waals surface area contributed by atoms with Gasteiger partial charge in [0.15, 0.2) is 35.0 Å².